The number of hydrogen-bond donors (Lipinski definition) is 4. The summed E-state index contributed by atoms with van der Waals surface area (Å²) in [6, 6.07) is 3.85. The van der Waals surface area contributed by atoms with Crippen LogP contribution in [0, 0.1) is 0 Å². The zero-order valence-corrected chi connectivity index (χ0v) is 16.7. The maximum atomic E-state index is 12.2. The molecule has 4 N–H and O–H groups in total. The Hall–Kier alpha value is -1.72. The van der Waals surface area contributed by atoms with E-state index < -0.39 is 15.9 Å². The van der Waals surface area contributed by atoms with Crippen molar-refractivity contribution >= 4 is 44.9 Å². The molecule has 0 saturated carbocycles. The van der Waals surface area contributed by atoms with Gasteiger partial charge in [-0.1, -0.05) is 17.7 Å². The zero-order chi connectivity index (χ0) is 19.7. The van der Waals surface area contributed by atoms with Gasteiger partial charge >= 0.3 is 0 Å². The molecule has 144 valence electrons. The van der Waals surface area contributed by atoms with E-state index in [1.54, 1.807) is 7.11 Å². The monoisotopic (exact) mass is 420 g/mol. The summed E-state index contributed by atoms with van der Waals surface area (Å²) in [4.78, 5) is 12.0. The Bertz CT molecular complexity index is 771. The summed E-state index contributed by atoms with van der Waals surface area (Å²) < 4.78 is 31.7. The summed E-state index contributed by atoms with van der Waals surface area (Å²) in [6.45, 7) is 5.77. The quantitative estimate of drug-likeness (QED) is 0.281. The van der Waals surface area contributed by atoms with Crippen molar-refractivity contribution in [2.75, 3.05) is 20.3 Å². The number of benzene rings is 1. The van der Waals surface area contributed by atoms with E-state index in [0.29, 0.717) is 6.61 Å². The fourth-order valence-corrected chi connectivity index (χ4v) is 3.61. The van der Waals surface area contributed by atoms with Gasteiger partial charge in [-0.2, -0.15) is 0 Å². The normalized spacial score (nSPS) is 12.1. The summed E-state index contributed by atoms with van der Waals surface area (Å²) in [5.74, 6) is -0.578. The third-order valence-electron chi connectivity index (χ3n) is 2.98. The number of amides is 1. The highest BCUT2D eigenvalue weighted by Crippen LogP contribution is 2.22. The molecule has 0 unspecified atom stereocenters. The van der Waals surface area contributed by atoms with Gasteiger partial charge in [0.1, 0.15) is 4.90 Å². The predicted molar refractivity (Wildman–Crippen MR) is 105 cm³/mol. The van der Waals surface area contributed by atoms with E-state index in [-0.39, 0.29) is 33.2 Å². The topological polar surface area (TPSA) is 109 Å². The molecule has 1 aromatic carbocycles. The number of halogens is 1. The maximum Gasteiger partial charge on any atom is 0.269 e. The van der Waals surface area contributed by atoms with E-state index in [4.69, 9.17) is 28.6 Å². The molecule has 0 radical (unpaired) electrons. The van der Waals surface area contributed by atoms with Crippen LogP contribution < -0.4 is 20.9 Å². The molecule has 1 amide bonds. The van der Waals surface area contributed by atoms with E-state index in [2.05, 4.69) is 27.5 Å². The number of thiocarbonyl (C=S) groups is 1. The molecule has 0 spiro atoms. The first-order valence-corrected chi connectivity index (χ1v) is 9.74. The highest BCUT2D eigenvalue weighted by molar-refractivity contribution is 7.89. The molecular weight excluding hydrogens is 400 g/mol. The Kier molecular flexibility index (Phi) is 8.96. The van der Waals surface area contributed by atoms with Crippen LogP contribution in [0.2, 0.25) is 5.02 Å². The molecule has 1 rings (SSSR count). The molecule has 0 aromatic heterocycles. The summed E-state index contributed by atoms with van der Waals surface area (Å²) in [5, 5.41) is 3.09. The number of rotatable bonds is 8. The number of ether oxygens (including phenoxy) is 1. The van der Waals surface area contributed by atoms with Gasteiger partial charge in [0.25, 0.3) is 5.91 Å². The SMILES string of the molecule is C=CCNS(=O)(=O)c1cc(C(=O)NNC(=S)N[C@@H](C)COC)ccc1Cl. The van der Waals surface area contributed by atoms with E-state index in [1.807, 2.05) is 6.92 Å². The smallest absolute Gasteiger partial charge is 0.269 e. The average molecular weight is 421 g/mol. The molecule has 8 nitrogen and oxygen atoms in total. The van der Waals surface area contributed by atoms with E-state index >= 15 is 0 Å². The van der Waals surface area contributed by atoms with Gasteiger partial charge in [-0.3, -0.25) is 15.6 Å². The molecule has 1 atom stereocenters. The lowest BCUT2D eigenvalue weighted by atomic mass is 10.2. The van der Waals surface area contributed by atoms with Crippen LogP contribution in [0.15, 0.2) is 35.7 Å². The van der Waals surface area contributed by atoms with Crippen LogP contribution in [0.25, 0.3) is 0 Å². The molecule has 0 heterocycles. The maximum absolute atomic E-state index is 12.2. The molecule has 0 bridgehead atoms. The number of carbonyl (C=O) groups is 1. The summed E-state index contributed by atoms with van der Waals surface area (Å²) in [7, 11) is -2.31. The fourth-order valence-electron chi connectivity index (χ4n) is 1.83. The first-order valence-electron chi connectivity index (χ1n) is 7.47. The van der Waals surface area contributed by atoms with Crippen LogP contribution in [-0.2, 0) is 14.8 Å². The third-order valence-corrected chi connectivity index (χ3v) is 5.11. The lowest BCUT2D eigenvalue weighted by Gasteiger charge is -2.16. The van der Waals surface area contributed by atoms with Crippen LogP contribution in [0.3, 0.4) is 0 Å². The van der Waals surface area contributed by atoms with E-state index in [9.17, 15) is 13.2 Å². The van der Waals surface area contributed by atoms with Crippen molar-refractivity contribution in [2.24, 2.45) is 0 Å². The van der Waals surface area contributed by atoms with Crippen molar-refractivity contribution in [1.29, 1.82) is 0 Å². The average Bonchev–Trinajstić information content (AvgIpc) is 2.58. The van der Waals surface area contributed by atoms with Crippen LogP contribution in [0.4, 0.5) is 0 Å². The first-order chi connectivity index (χ1) is 12.2. The third kappa shape index (κ3) is 6.89. The highest BCUT2D eigenvalue weighted by atomic mass is 35.5. The number of carbonyl (C=O) groups excluding carboxylic acids is 1. The van der Waals surface area contributed by atoms with Gasteiger partial charge in [0, 0.05) is 25.3 Å². The lowest BCUT2D eigenvalue weighted by molar-refractivity contribution is 0.0943. The fraction of sp³-hybridized carbons (Fsp3) is 0.333. The molecule has 26 heavy (non-hydrogen) atoms. The minimum absolute atomic E-state index is 0.00310. The largest absolute Gasteiger partial charge is 0.383 e. The van der Waals surface area contributed by atoms with Crippen LogP contribution in [-0.4, -0.2) is 45.7 Å². The van der Waals surface area contributed by atoms with Crippen molar-refractivity contribution in [3.05, 3.63) is 41.4 Å². The second-order valence-electron chi connectivity index (χ2n) is 5.19. The molecule has 0 aliphatic rings. The van der Waals surface area contributed by atoms with Gasteiger partial charge in [-0.25, -0.2) is 13.1 Å². The molecule has 0 saturated heterocycles. The number of hydrogen-bond acceptors (Lipinski definition) is 5. The van der Waals surface area contributed by atoms with E-state index in [1.165, 1.54) is 24.3 Å². The number of methoxy groups -OCH3 is 1. The number of hydrazine groups is 1. The lowest BCUT2D eigenvalue weighted by Crippen LogP contribution is -2.49. The highest BCUT2D eigenvalue weighted by Gasteiger charge is 2.19. The van der Waals surface area contributed by atoms with E-state index in [0.717, 1.165) is 0 Å². The summed E-state index contributed by atoms with van der Waals surface area (Å²) in [6.07, 6.45) is 1.39. The van der Waals surface area contributed by atoms with Gasteiger partial charge in [-0.15, -0.1) is 6.58 Å². The molecule has 0 aliphatic heterocycles. The number of sulfonamides is 1. The van der Waals surface area contributed by atoms with Gasteiger partial charge in [-0.05, 0) is 37.3 Å². The number of nitrogens with one attached hydrogen (secondary N) is 4. The standard InChI is InChI=1S/C15H21ClN4O4S2/c1-4-7-17-26(22,23)13-8-11(5-6-12(13)16)14(21)19-20-15(25)18-10(2)9-24-3/h4-6,8,10,17H,1,7,9H2,2-3H3,(H,19,21)(H2,18,20,25)/t10-/m0/s1. The van der Waals surface area contributed by atoms with Crippen molar-refractivity contribution in [2.45, 2.75) is 17.9 Å². The Morgan fingerprint density at radius 3 is 2.73 bits per heavy atom. The van der Waals surface area contributed by atoms with Crippen molar-refractivity contribution in [1.82, 2.24) is 20.9 Å². The second kappa shape index (κ2) is 10.4. The Labute approximate surface area is 163 Å². The zero-order valence-electron chi connectivity index (χ0n) is 14.3. The molecule has 11 heteroatoms. The Morgan fingerprint density at radius 1 is 1.42 bits per heavy atom. The Morgan fingerprint density at radius 2 is 2.12 bits per heavy atom. The minimum Gasteiger partial charge on any atom is -0.383 e. The Balaban J connectivity index is 2.80. The van der Waals surface area contributed by atoms with Gasteiger partial charge in [0.15, 0.2) is 5.11 Å². The molecule has 0 aliphatic carbocycles. The predicted octanol–water partition coefficient (Wildman–Crippen LogP) is 0.948. The molecule has 1 aromatic rings. The molecular formula is C15H21ClN4O4S2. The van der Waals surface area contributed by atoms with Crippen molar-refractivity contribution in [3.63, 3.8) is 0 Å². The first kappa shape index (κ1) is 22.3. The van der Waals surface area contributed by atoms with Crippen LogP contribution in [0.1, 0.15) is 17.3 Å². The van der Waals surface area contributed by atoms with Crippen molar-refractivity contribution < 1.29 is 17.9 Å². The molecule has 0 fully saturated rings. The van der Waals surface area contributed by atoms with Gasteiger partial charge in [0.2, 0.25) is 10.0 Å². The summed E-state index contributed by atoms with van der Waals surface area (Å²) in [5.41, 5.74) is 5.00. The second-order valence-corrected chi connectivity index (χ2v) is 7.75. The minimum atomic E-state index is -3.87. The van der Waals surface area contributed by atoms with Crippen molar-refractivity contribution in [3.8, 4) is 0 Å². The van der Waals surface area contributed by atoms with Gasteiger partial charge < -0.3 is 10.1 Å². The van der Waals surface area contributed by atoms with Crippen LogP contribution >= 0.6 is 23.8 Å². The van der Waals surface area contributed by atoms with Crippen LogP contribution in [0.5, 0.6) is 0 Å². The summed E-state index contributed by atoms with van der Waals surface area (Å²) >= 11 is 11.0. The van der Waals surface area contributed by atoms with Gasteiger partial charge in [0.05, 0.1) is 11.6 Å².